The van der Waals surface area contributed by atoms with E-state index in [2.05, 4.69) is 81.6 Å². The summed E-state index contributed by atoms with van der Waals surface area (Å²) < 4.78 is 14.7. The minimum atomic E-state index is 0. The number of hydrogen-bond acceptors (Lipinski definition) is 22. The van der Waals surface area contributed by atoms with Crippen LogP contribution in [0.3, 0.4) is 0 Å². The minimum Gasteiger partial charge on any atom is -0.357 e. The maximum absolute atomic E-state index is 5.78. The topological polar surface area (TPSA) is 351 Å². The molecule has 0 fully saturated rings. The minimum absolute atomic E-state index is 0. The van der Waals surface area contributed by atoms with Gasteiger partial charge < -0.3 is 29.9 Å². The summed E-state index contributed by atoms with van der Waals surface area (Å²) >= 11 is 0. The Labute approximate surface area is 568 Å². The fourth-order valence-corrected chi connectivity index (χ4v) is 13.9. The zero-order chi connectivity index (χ0) is 62.7. The molecule has 33 heteroatoms. The Bertz CT molecular complexity index is 5770. The Hall–Kier alpha value is -13.5. The van der Waals surface area contributed by atoms with Crippen LogP contribution in [-0.2, 0) is 0 Å². The quantitative estimate of drug-likeness (QED) is 0.138. The molecule has 0 aliphatic carbocycles. The first kappa shape index (κ1) is 54.1. The summed E-state index contributed by atoms with van der Waals surface area (Å²) in [5, 5.41) is 78.1. The molecule has 21 rings (SSSR count). The molecule has 2 aliphatic rings. The van der Waals surface area contributed by atoms with E-state index in [-0.39, 0.29) is 83.6 Å². The van der Waals surface area contributed by atoms with Gasteiger partial charge in [0.2, 0.25) is 0 Å². The van der Waals surface area contributed by atoms with E-state index in [4.69, 9.17) is 39.9 Å². The summed E-state index contributed by atoms with van der Waals surface area (Å²) in [5.41, 5.74) is 7.87. The van der Waals surface area contributed by atoms with E-state index in [1.54, 1.807) is 101 Å². The third-order valence-corrected chi connectivity index (χ3v) is 17.5. The van der Waals surface area contributed by atoms with Crippen molar-refractivity contribution in [3.8, 4) is 91.1 Å². The smallest absolute Gasteiger partial charge is 0.357 e. The SMILES string of the molecule is [Ca+2].c1ccc2c(-n3cnnc3)c3c(c(-n4cnnc4)c2c1)-c1nc-3nc2[n-]c(nc3nc(nc4[n-]c(n1)c1c(-n5cnnc5)c5ccccc5c(-n5cnnc5)c41)-c1c-3c(-n3cnnc3)c3ccccc3c1-n1cnnc1)c1c(-n3cnnc3)c3ccccc3c(-n3cnnc3)c21. The van der Waals surface area contributed by atoms with Crippen LogP contribution in [0.4, 0.5) is 0 Å². The summed E-state index contributed by atoms with van der Waals surface area (Å²) in [6.07, 6.45) is 26.2. The van der Waals surface area contributed by atoms with Gasteiger partial charge in [-0.1, -0.05) is 97.1 Å². The van der Waals surface area contributed by atoms with Gasteiger partial charge in [0.05, 0.1) is 68.8 Å². The zero-order valence-electron chi connectivity index (χ0n) is 49.5. The molecule has 0 unspecified atom stereocenters. The fraction of sp³-hybridized carbons (Fsp3) is 0. The van der Waals surface area contributed by atoms with Gasteiger partial charge in [-0.25, -0.2) is 9.97 Å². The predicted octanol–water partition coefficient (Wildman–Crippen LogP) is 7.01. The van der Waals surface area contributed by atoms with Crippen LogP contribution >= 0.6 is 0 Å². The van der Waals surface area contributed by atoms with Gasteiger partial charge in [0.15, 0.2) is 0 Å². The zero-order valence-corrected chi connectivity index (χ0v) is 51.7. The number of benzene rings is 8. The van der Waals surface area contributed by atoms with Crippen LogP contribution in [0.1, 0.15) is 0 Å². The summed E-state index contributed by atoms with van der Waals surface area (Å²) in [7, 11) is 0. The molecule has 0 atom stereocenters. The molecule has 13 heterocycles. The molecule has 0 saturated heterocycles. The van der Waals surface area contributed by atoms with Crippen molar-refractivity contribution in [2.24, 2.45) is 0 Å². The molecule has 97 heavy (non-hydrogen) atoms. The van der Waals surface area contributed by atoms with Crippen molar-refractivity contribution in [1.29, 1.82) is 0 Å². The van der Waals surface area contributed by atoms with Crippen LogP contribution in [0.2, 0.25) is 0 Å². The standard InChI is InChI=1S/C64H32N32.Ca/c1-2-10-34-33(9-1)49(89-17-65-66-18-89)41-42(50(34)90-19-67-68-20-90)58-81-57(41)85-59-43-44(52(92-23-71-72-24-92)36-12-4-3-11-35(36)51(43)91-21-69-70-22-91)61(82-59)87-63-47-48(56(96-31-79-80-32-96)40-16-8-7-15-39(40)55(47)95-29-77-78-30-95)64(84-63)88-62-46-45(60(83-62)86-58)53(93-25-73-74-26-93)37-13-5-6-14-38(37)54(46)94-27-75-76-28-94;/h1-32H;/q-2;+2. The number of hydrogen-bond donors (Lipinski definition) is 0. The first-order valence-corrected chi connectivity index (χ1v) is 29.5. The van der Waals surface area contributed by atoms with Crippen LogP contribution in [0, 0.1) is 0 Å². The normalized spacial score (nSPS) is 12.0. The van der Waals surface area contributed by atoms with E-state index >= 15 is 0 Å². The maximum atomic E-state index is 5.78. The van der Waals surface area contributed by atoms with Crippen LogP contribution in [0.15, 0.2) is 198 Å². The molecule has 32 nitrogen and oxygen atoms in total. The van der Waals surface area contributed by atoms with Crippen LogP contribution in [0.5, 0.6) is 0 Å². The van der Waals surface area contributed by atoms with Gasteiger partial charge in [-0.15, -0.1) is 81.6 Å². The van der Waals surface area contributed by atoms with Crippen molar-refractivity contribution in [1.82, 2.24) is 158 Å². The predicted molar refractivity (Wildman–Crippen MR) is 349 cm³/mol. The van der Waals surface area contributed by atoms with Crippen molar-refractivity contribution >= 4 is 125 Å². The molecular weight excluding hydrogens is 1260 g/mol. The van der Waals surface area contributed by atoms with Gasteiger partial charge in [-0.05, 0) is 0 Å². The third kappa shape index (κ3) is 7.77. The molecule has 0 saturated carbocycles. The van der Waals surface area contributed by atoms with E-state index in [9.17, 15) is 0 Å². The van der Waals surface area contributed by atoms with Crippen LogP contribution in [0.25, 0.3) is 178 Å². The van der Waals surface area contributed by atoms with Crippen molar-refractivity contribution in [3.05, 3.63) is 198 Å². The number of aromatic nitrogens is 32. The largest absolute Gasteiger partial charge is 2.00 e. The Morgan fingerprint density at radius 1 is 0.196 bits per heavy atom. The Kier molecular flexibility index (Phi) is 11.6. The van der Waals surface area contributed by atoms with Crippen molar-refractivity contribution in [2.75, 3.05) is 0 Å². The molecule has 11 aromatic heterocycles. The van der Waals surface area contributed by atoms with Gasteiger partial charge in [-0.2, -0.15) is 0 Å². The Balaban J connectivity index is 0.00000641. The first-order valence-electron chi connectivity index (χ1n) is 29.5. The summed E-state index contributed by atoms with van der Waals surface area (Å²) in [6.45, 7) is 0. The van der Waals surface area contributed by atoms with Crippen molar-refractivity contribution in [2.45, 2.75) is 0 Å². The van der Waals surface area contributed by atoms with E-state index in [1.807, 2.05) is 134 Å². The second-order valence-corrected chi connectivity index (χ2v) is 22.4. The Morgan fingerprint density at radius 2 is 0.351 bits per heavy atom. The molecule has 0 radical (unpaired) electrons. The summed E-state index contributed by atoms with van der Waals surface area (Å²) in [4.78, 5) is 45.7. The van der Waals surface area contributed by atoms with Crippen LogP contribution < -0.4 is 9.97 Å². The molecular formula is C64H32CaN32. The van der Waals surface area contributed by atoms with Crippen LogP contribution in [-0.4, -0.2) is 186 Å². The first-order chi connectivity index (χ1) is 47.7. The van der Waals surface area contributed by atoms with Gasteiger partial charge in [-0.3, -0.25) is 36.5 Å². The summed E-state index contributed by atoms with van der Waals surface area (Å²) in [5.74, 6) is 0.755. The van der Waals surface area contributed by atoms with E-state index < -0.39 is 0 Å². The van der Waals surface area contributed by atoms with Crippen molar-refractivity contribution < 1.29 is 0 Å². The molecule has 8 aromatic carbocycles. The van der Waals surface area contributed by atoms with Gasteiger partial charge in [0.25, 0.3) is 0 Å². The number of rotatable bonds is 8. The number of fused-ring (bicyclic) bond motifs is 24. The molecule has 19 aromatic rings. The Morgan fingerprint density at radius 3 is 0.526 bits per heavy atom. The fourth-order valence-electron chi connectivity index (χ4n) is 13.9. The van der Waals surface area contributed by atoms with E-state index in [1.165, 1.54) is 0 Å². The molecule has 450 valence electrons. The molecule has 0 N–H and O–H groups in total. The second kappa shape index (κ2) is 20.8. The summed E-state index contributed by atoms with van der Waals surface area (Å²) in [6, 6.07) is 31.9. The van der Waals surface area contributed by atoms with Crippen molar-refractivity contribution in [3.63, 3.8) is 0 Å². The monoisotopic (exact) mass is 1290 g/mol. The molecule has 8 bridgehead atoms. The van der Waals surface area contributed by atoms with Gasteiger partial charge in [0.1, 0.15) is 101 Å². The number of nitrogens with zero attached hydrogens (tertiary/aromatic N) is 32. The average Bonchev–Trinajstić information content (AvgIpc) is 1.72. The molecule has 0 spiro atoms. The van der Waals surface area contributed by atoms with Gasteiger partial charge in [0, 0.05) is 109 Å². The average molecular weight is 1290 g/mol. The maximum Gasteiger partial charge on any atom is 2.00 e. The van der Waals surface area contributed by atoms with Gasteiger partial charge >= 0.3 is 37.7 Å². The molecule has 0 amide bonds. The van der Waals surface area contributed by atoms with E-state index in [0.29, 0.717) is 89.3 Å². The van der Waals surface area contributed by atoms with E-state index in [0.717, 1.165) is 43.1 Å². The third-order valence-electron chi connectivity index (χ3n) is 17.5. The second-order valence-electron chi connectivity index (χ2n) is 22.4. The molecule has 2 aliphatic heterocycles.